The van der Waals surface area contributed by atoms with Crippen molar-refractivity contribution in [3.8, 4) is 0 Å². The van der Waals surface area contributed by atoms with Gasteiger partial charge in [-0.1, -0.05) is 0 Å². The van der Waals surface area contributed by atoms with Gasteiger partial charge in [0, 0.05) is 12.1 Å². The van der Waals surface area contributed by atoms with Crippen LogP contribution in [-0.2, 0) is 4.84 Å². The van der Waals surface area contributed by atoms with Crippen LogP contribution in [0.1, 0.15) is 30.5 Å². The van der Waals surface area contributed by atoms with Gasteiger partial charge in [-0.25, -0.2) is 4.79 Å². The summed E-state index contributed by atoms with van der Waals surface area (Å²) in [6, 6.07) is 0.150. The molecule has 0 aromatic rings. The van der Waals surface area contributed by atoms with E-state index in [1.807, 2.05) is 27.7 Å². The van der Waals surface area contributed by atoms with Crippen molar-refractivity contribution < 1.29 is 55.3 Å². The van der Waals surface area contributed by atoms with Crippen LogP contribution in [0.2, 0.25) is 0 Å². The Morgan fingerprint density at radius 2 is 1.54 bits per heavy atom. The molecule has 4 nitrogen and oxygen atoms in total. The first kappa shape index (κ1) is 19.1. The zero-order chi connectivity index (χ0) is 9.02. The van der Waals surface area contributed by atoms with Crippen LogP contribution in [0.25, 0.3) is 0 Å². The van der Waals surface area contributed by atoms with E-state index in [9.17, 15) is 4.79 Å². The third kappa shape index (κ3) is 8.75. The molecule has 0 atom stereocenters. The molecule has 0 fully saturated rings. The summed E-state index contributed by atoms with van der Waals surface area (Å²) < 4.78 is 0. The van der Waals surface area contributed by atoms with Gasteiger partial charge in [-0.05, 0) is 27.7 Å². The minimum atomic E-state index is -1.26. The van der Waals surface area contributed by atoms with Crippen molar-refractivity contribution in [1.82, 2.24) is 5.06 Å². The Labute approximate surface area is 106 Å². The maximum absolute atomic E-state index is 10.2. The Morgan fingerprint density at radius 1 is 1.23 bits per heavy atom. The molecule has 0 saturated carbocycles. The SMILES string of the molecule is CC(C)N(OC(=O)O)C(C)C.[H-].[H-].[Li+].[Li+]. The topological polar surface area (TPSA) is 49.8 Å². The molecule has 1 N–H and O–H groups in total. The van der Waals surface area contributed by atoms with Crippen molar-refractivity contribution in [2.24, 2.45) is 0 Å². The van der Waals surface area contributed by atoms with Crippen molar-refractivity contribution in [3.05, 3.63) is 0 Å². The number of hydroxylamine groups is 2. The van der Waals surface area contributed by atoms with E-state index < -0.39 is 6.16 Å². The molecule has 0 aliphatic rings. The van der Waals surface area contributed by atoms with E-state index in [4.69, 9.17) is 5.11 Å². The molecule has 0 amide bonds. The first-order valence-electron chi connectivity index (χ1n) is 3.64. The zero-order valence-electron chi connectivity index (χ0n) is 11.4. The Hall–Kier alpha value is 0.425. The normalized spacial score (nSPS) is 9.46. The number of rotatable bonds is 3. The van der Waals surface area contributed by atoms with Gasteiger partial charge in [-0.15, -0.1) is 5.06 Å². The maximum atomic E-state index is 10.2. The second-order valence-electron chi connectivity index (χ2n) is 2.90. The fourth-order valence-corrected chi connectivity index (χ4v) is 0.897. The first-order valence-corrected chi connectivity index (χ1v) is 3.64. The fourth-order valence-electron chi connectivity index (χ4n) is 0.897. The zero-order valence-corrected chi connectivity index (χ0v) is 9.37. The number of nitrogens with zero attached hydrogens (tertiary/aromatic N) is 1. The summed E-state index contributed by atoms with van der Waals surface area (Å²) in [7, 11) is 0. The number of hydrogen-bond donors (Lipinski definition) is 1. The van der Waals surface area contributed by atoms with E-state index in [-0.39, 0.29) is 52.7 Å². The summed E-state index contributed by atoms with van der Waals surface area (Å²) in [5.74, 6) is 0. The molecule has 0 aromatic heterocycles. The molecule has 0 aliphatic carbocycles. The second-order valence-corrected chi connectivity index (χ2v) is 2.90. The minimum absolute atomic E-state index is 0. The van der Waals surface area contributed by atoms with Crippen LogP contribution >= 0.6 is 0 Å². The first-order chi connectivity index (χ1) is 4.95. The summed E-state index contributed by atoms with van der Waals surface area (Å²) in [5.41, 5.74) is 0. The summed E-state index contributed by atoms with van der Waals surface area (Å²) in [6.45, 7) is 7.51. The quantitative estimate of drug-likeness (QED) is 0.352. The average Bonchev–Trinajstić information content (AvgIpc) is 1.81. The third-order valence-electron chi connectivity index (χ3n) is 1.20. The summed E-state index contributed by atoms with van der Waals surface area (Å²) >= 11 is 0. The van der Waals surface area contributed by atoms with E-state index in [1.54, 1.807) is 0 Å². The van der Waals surface area contributed by atoms with Gasteiger partial charge in [0.1, 0.15) is 0 Å². The van der Waals surface area contributed by atoms with Crippen LogP contribution < -0.4 is 37.7 Å². The molecule has 0 bridgehead atoms. The molecule has 13 heavy (non-hydrogen) atoms. The maximum Gasteiger partial charge on any atom is 1.00 e. The number of carboxylic acid groups (broad SMARTS) is 1. The smallest absolute Gasteiger partial charge is 1.00 e. The summed E-state index contributed by atoms with van der Waals surface area (Å²) in [4.78, 5) is 14.7. The number of carbonyl (C=O) groups is 1. The third-order valence-corrected chi connectivity index (χ3v) is 1.20. The number of hydrogen-bond acceptors (Lipinski definition) is 3. The van der Waals surface area contributed by atoms with Crippen molar-refractivity contribution in [1.29, 1.82) is 0 Å². The van der Waals surface area contributed by atoms with Crippen molar-refractivity contribution in [3.63, 3.8) is 0 Å². The Morgan fingerprint density at radius 3 is 1.62 bits per heavy atom. The van der Waals surface area contributed by atoms with E-state index in [0.29, 0.717) is 0 Å². The van der Waals surface area contributed by atoms with Crippen molar-refractivity contribution in [2.75, 3.05) is 0 Å². The van der Waals surface area contributed by atoms with Gasteiger partial charge < -0.3 is 12.8 Å². The van der Waals surface area contributed by atoms with Crippen LogP contribution in [0.4, 0.5) is 4.79 Å². The molecule has 0 rings (SSSR count). The Balaban J connectivity index is -0.0000000833. The van der Waals surface area contributed by atoms with Gasteiger partial charge in [0.25, 0.3) is 0 Å². The molecule has 0 heterocycles. The van der Waals surface area contributed by atoms with E-state index in [0.717, 1.165) is 0 Å². The molecular weight excluding hydrogens is 160 g/mol. The minimum Gasteiger partial charge on any atom is -1.00 e. The van der Waals surface area contributed by atoms with Gasteiger partial charge >= 0.3 is 43.9 Å². The summed E-state index contributed by atoms with van der Waals surface area (Å²) in [6.07, 6.45) is -1.26. The monoisotopic (exact) mass is 177 g/mol. The fraction of sp³-hybridized carbons (Fsp3) is 0.857. The largest absolute Gasteiger partial charge is 1.00 e. The molecule has 0 unspecified atom stereocenters. The second kappa shape index (κ2) is 9.00. The molecule has 6 heteroatoms. The molecule has 0 spiro atoms. The predicted molar refractivity (Wildman–Crippen MR) is 43.4 cm³/mol. The molecular formula is C7H17Li2NO3. The van der Waals surface area contributed by atoms with Gasteiger partial charge in [0.2, 0.25) is 0 Å². The van der Waals surface area contributed by atoms with Crippen LogP contribution in [-0.4, -0.2) is 28.4 Å². The van der Waals surface area contributed by atoms with Gasteiger partial charge in [-0.3, -0.25) is 0 Å². The standard InChI is InChI=1S/C7H15NO3.2Li.2H/c1-5(2)8(6(3)4)11-7(9)10;;;;/h5-6H,1-4H3,(H,9,10);;;;/q;2*+1;2*-1. The van der Waals surface area contributed by atoms with Gasteiger partial charge in [0.05, 0.1) is 0 Å². The van der Waals surface area contributed by atoms with Crippen LogP contribution in [0.5, 0.6) is 0 Å². The molecule has 0 aromatic carbocycles. The molecule has 70 valence electrons. The van der Waals surface area contributed by atoms with Gasteiger partial charge in [-0.2, -0.15) is 0 Å². The Kier molecular flexibility index (Phi) is 13.2. The van der Waals surface area contributed by atoms with E-state index >= 15 is 0 Å². The Bertz CT molecular complexity index is 142. The predicted octanol–water partition coefficient (Wildman–Crippen LogP) is -4.05. The van der Waals surface area contributed by atoms with Crippen LogP contribution in [0, 0.1) is 0 Å². The summed E-state index contributed by atoms with van der Waals surface area (Å²) in [5, 5.41) is 9.75. The van der Waals surface area contributed by atoms with E-state index in [1.165, 1.54) is 5.06 Å². The average molecular weight is 177 g/mol. The molecule has 0 aliphatic heterocycles. The molecule has 0 saturated heterocycles. The van der Waals surface area contributed by atoms with Crippen molar-refractivity contribution in [2.45, 2.75) is 39.8 Å². The van der Waals surface area contributed by atoms with E-state index in [2.05, 4.69) is 4.84 Å². The van der Waals surface area contributed by atoms with Crippen LogP contribution in [0.3, 0.4) is 0 Å². The van der Waals surface area contributed by atoms with Crippen LogP contribution in [0.15, 0.2) is 0 Å². The molecule has 0 radical (unpaired) electrons. The van der Waals surface area contributed by atoms with Gasteiger partial charge in [0.15, 0.2) is 0 Å². The van der Waals surface area contributed by atoms with Crippen molar-refractivity contribution >= 4 is 6.16 Å².